The van der Waals surface area contributed by atoms with Gasteiger partial charge >= 0.3 is 0 Å². The van der Waals surface area contributed by atoms with Gasteiger partial charge < -0.3 is 10.1 Å². The van der Waals surface area contributed by atoms with Crippen LogP contribution in [0, 0.1) is 6.92 Å². The zero-order valence-corrected chi connectivity index (χ0v) is 9.43. The lowest BCUT2D eigenvalue weighted by Gasteiger charge is -2.15. The molecule has 1 aromatic heterocycles. The number of hydrogen-bond acceptors (Lipinski definition) is 4. The Labute approximate surface area is 88.5 Å². The second kappa shape index (κ2) is 4.38. The Morgan fingerprint density at radius 2 is 2.57 bits per heavy atom. The molecule has 0 amide bonds. The number of nitrogens with one attached hydrogen (secondary N) is 1. The van der Waals surface area contributed by atoms with Crippen molar-refractivity contribution in [3.63, 3.8) is 0 Å². The predicted octanol–water partition coefficient (Wildman–Crippen LogP) is 1.72. The van der Waals surface area contributed by atoms with Gasteiger partial charge in [-0.25, -0.2) is 4.98 Å². The normalized spacial score (nSPS) is 27.0. The van der Waals surface area contributed by atoms with Crippen LogP contribution < -0.4 is 5.32 Å². The zero-order chi connectivity index (χ0) is 9.97. The third-order valence-electron chi connectivity index (χ3n) is 2.75. The number of rotatable bonds is 3. The van der Waals surface area contributed by atoms with Crippen LogP contribution in [0.3, 0.4) is 0 Å². The summed E-state index contributed by atoms with van der Waals surface area (Å²) in [5.74, 6) is 0. The van der Waals surface area contributed by atoms with Crippen molar-refractivity contribution < 1.29 is 4.74 Å². The zero-order valence-electron chi connectivity index (χ0n) is 8.62. The van der Waals surface area contributed by atoms with Gasteiger partial charge in [-0.3, -0.25) is 0 Å². The van der Waals surface area contributed by atoms with E-state index in [-0.39, 0.29) is 0 Å². The van der Waals surface area contributed by atoms with Crippen LogP contribution in [0.4, 0.5) is 0 Å². The third-order valence-corrected chi connectivity index (χ3v) is 3.68. The van der Waals surface area contributed by atoms with E-state index in [1.54, 1.807) is 11.3 Å². The van der Waals surface area contributed by atoms with Crippen molar-refractivity contribution in [3.05, 3.63) is 16.1 Å². The third kappa shape index (κ3) is 2.13. The second-order valence-corrected chi connectivity index (χ2v) is 4.65. The molecule has 1 saturated heterocycles. The number of nitrogens with zero attached hydrogens (tertiary/aromatic N) is 1. The highest BCUT2D eigenvalue weighted by atomic mass is 32.1. The van der Waals surface area contributed by atoms with E-state index >= 15 is 0 Å². The summed E-state index contributed by atoms with van der Waals surface area (Å²) in [6.45, 7) is 6.00. The summed E-state index contributed by atoms with van der Waals surface area (Å²) in [5.41, 5.74) is 3.05. The van der Waals surface area contributed by atoms with E-state index < -0.39 is 0 Å². The topological polar surface area (TPSA) is 34.2 Å². The smallest absolute Gasteiger partial charge is 0.0798 e. The Morgan fingerprint density at radius 1 is 1.71 bits per heavy atom. The van der Waals surface area contributed by atoms with Crippen molar-refractivity contribution in [1.82, 2.24) is 10.3 Å². The van der Waals surface area contributed by atoms with Gasteiger partial charge in [-0.2, -0.15) is 0 Å². The maximum absolute atomic E-state index is 5.49. The van der Waals surface area contributed by atoms with Crippen molar-refractivity contribution >= 4 is 11.3 Å². The molecule has 2 heterocycles. The van der Waals surface area contributed by atoms with Crippen LogP contribution in [0.2, 0.25) is 0 Å². The molecule has 0 aromatic carbocycles. The average Bonchev–Trinajstić information content (AvgIpc) is 2.72. The molecule has 0 bridgehead atoms. The van der Waals surface area contributed by atoms with Crippen LogP contribution in [0.15, 0.2) is 5.51 Å². The molecule has 1 aliphatic heterocycles. The first-order valence-corrected chi connectivity index (χ1v) is 5.89. The highest BCUT2D eigenvalue weighted by molar-refractivity contribution is 7.09. The highest BCUT2D eigenvalue weighted by Gasteiger charge is 2.23. The molecular weight excluding hydrogens is 196 g/mol. The summed E-state index contributed by atoms with van der Waals surface area (Å²) in [7, 11) is 0. The number of thiazole rings is 1. The first-order chi connectivity index (χ1) is 6.77. The van der Waals surface area contributed by atoms with Gasteiger partial charge in [0.2, 0.25) is 0 Å². The minimum Gasteiger partial charge on any atom is -0.377 e. The van der Waals surface area contributed by atoms with Crippen LogP contribution in [0.1, 0.15) is 23.9 Å². The molecule has 1 fully saturated rings. The Morgan fingerprint density at radius 3 is 3.14 bits per heavy atom. The molecule has 0 radical (unpaired) electrons. The molecule has 2 atom stereocenters. The molecule has 1 aromatic rings. The molecular formula is C10H16N2OS. The molecule has 0 spiro atoms. The summed E-state index contributed by atoms with van der Waals surface area (Å²) in [6, 6.07) is 0.511. The van der Waals surface area contributed by atoms with Crippen molar-refractivity contribution in [3.8, 4) is 0 Å². The van der Waals surface area contributed by atoms with E-state index in [1.807, 2.05) is 5.51 Å². The Kier molecular flexibility index (Phi) is 3.15. The largest absolute Gasteiger partial charge is 0.377 e. The highest BCUT2D eigenvalue weighted by Crippen LogP contribution is 2.16. The van der Waals surface area contributed by atoms with Crippen molar-refractivity contribution in [2.75, 3.05) is 6.61 Å². The molecule has 3 nitrogen and oxygen atoms in total. The quantitative estimate of drug-likeness (QED) is 0.828. The summed E-state index contributed by atoms with van der Waals surface area (Å²) in [5, 5.41) is 3.52. The average molecular weight is 212 g/mol. The fraction of sp³-hybridized carbons (Fsp3) is 0.700. The molecule has 1 aliphatic rings. The van der Waals surface area contributed by atoms with Gasteiger partial charge in [-0.1, -0.05) is 0 Å². The molecule has 4 heteroatoms. The van der Waals surface area contributed by atoms with Gasteiger partial charge in [-0.05, 0) is 20.3 Å². The van der Waals surface area contributed by atoms with Gasteiger partial charge in [0.15, 0.2) is 0 Å². The van der Waals surface area contributed by atoms with Crippen LogP contribution >= 0.6 is 11.3 Å². The molecule has 0 saturated carbocycles. The molecule has 0 unspecified atom stereocenters. The van der Waals surface area contributed by atoms with E-state index in [0.29, 0.717) is 12.1 Å². The monoisotopic (exact) mass is 212 g/mol. The standard InChI is InChI=1S/C10H16N2OS/c1-7-10(14-6-12-7)5-11-9-3-4-13-8(9)2/h6,8-9,11H,3-5H2,1-2H3/t8-,9-/m1/s1. The van der Waals surface area contributed by atoms with Crippen molar-refractivity contribution in [2.45, 2.75) is 39.0 Å². The summed E-state index contributed by atoms with van der Waals surface area (Å²) >= 11 is 1.72. The van der Waals surface area contributed by atoms with Crippen LogP contribution in [-0.4, -0.2) is 23.7 Å². The number of ether oxygens (including phenoxy) is 1. The molecule has 2 rings (SSSR count). The Bertz CT molecular complexity index is 300. The first-order valence-electron chi connectivity index (χ1n) is 5.01. The van der Waals surface area contributed by atoms with Crippen LogP contribution in [0.25, 0.3) is 0 Å². The van der Waals surface area contributed by atoms with E-state index in [0.717, 1.165) is 25.3 Å². The summed E-state index contributed by atoms with van der Waals surface area (Å²) < 4.78 is 5.49. The number of aromatic nitrogens is 1. The number of hydrogen-bond donors (Lipinski definition) is 1. The molecule has 1 N–H and O–H groups in total. The van der Waals surface area contributed by atoms with Crippen LogP contribution in [-0.2, 0) is 11.3 Å². The van der Waals surface area contributed by atoms with Crippen molar-refractivity contribution in [1.29, 1.82) is 0 Å². The molecule has 0 aliphatic carbocycles. The lowest BCUT2D eigenvalue weighted by molar-refractivity contribution is 0.113. The maximum Gasteiger partial charge on any atom is 0.0798 e. The second-order valence-electron chi connectivity index (χ2n) is 3.71. The van der Waals surface area contributed by atoms with Gasteiger partial charge in [0.25, 0.3) is 0 Å². The molecule has 14 heavy (non-hydrogen) atoms. The van der Waals surface area contributed by atoms with E-state index in [4.69, 9.17) is 4.74 Å². The fourth-order valence-electron chi connectivity index (χ4n) is 1.72. The Hall–Kier alpha value is -0.450. The molecule has 78 valence electrons. The Balaban J connectivity index is 1.85. The van der Waals surface area contributed by atoms with Gasteiger partial charge in [-0.15, -0.1) is 11.3 Å². The van der Waals surface area contributed by atoms with Crippen molar-refractivity contribution in [2.24, 2.45) is 0 Å². The van der Waals surface area contributed by atoms with E-state index in [1.165, 1.54) is 4.88 Å². The fourth-order valence-corrected chi connectivity index (χ4v) is 2.45. The van der Waals surface area contributed by atoms with Crippen LogP contribution in [0.5, 0.6) is 0 Å². The number of aryl methyl sites for hydroxylation is 1. The SMILES string of the molecule is Cc1ncsc1CN[C@@H]1CCO[C@@H]1C. The predicted molar refractivity (Wildman–Crippen MR) is 57.5 cm³/mol. The minimum atomic E-state index is 0.350. The minimum absolute atomic E-state index is 0.350. The first kappa shape index (κ1) is 10.1. The van der Waals surface area contributed by atoms with E-state index in [2.05, 4.69) is 24.1 Å². The van der Waals surface area contributed by atoms with E-state index in [9.17, 15) is 0 Å². The van der Waals surface area contributed by atoms with Gasteiger partial charge in [0.1, 0.15) is 0 Å². The maximum atomic E-state index is 5.49. The van der Waals surface area contributed by atoms with Gasteiger partial charge in [0.05, 0.1) is 17.3 Å². The summed E-state index contributed by atoms with van der Waals surface area (Å²) in [6.07, 6.45) is 1.47. The van der Waals surface area contributed by atoms with Gasteiger partial charge in [0, 0.05) is 24.1 Å². The summed E-state index contributed by atoms with van der Waals surface area (Å²) in [4.78, 5) is 5.57. The lowest BCUT2D eigenvalue weighted by Crippen LogP contribution is -2.34. The lowest BCUT2D eigenvalue weighted by atomic mass is 10.1.